The Morgan fingerprint density at radius 1 is 1.00 bits per heavy atom. The monoisotopic (exact) mass is 314 g/mol. The highest BCUT2D eigenvalue weighted by Gasteiger charge is 2.54. The van der Waals surface area contributed by atoms with Gasteiger partial charge in [-0.2, -0.15) is 0 Å². The number of nitrogens with zero attached hydrogens (tertiary/aromatic N) is 2. The minimum atomic E-state index is -1.27. The summed E-state index contributed by atoms with van der Waals surface area (Å²) in [6.07, 6.45) is 2.44. The van der Waals surface area contributed by atoms with Crippen LogP contribution in [0.25, 0.3) is 0 Å². The van der Waals surface area contributed by atoms with Gasteiger partial charge in [0.15, 0.2) is 0 Å². The molecule has 4 amide bonds. The Kier molecular flexibility index (Phi) is 4.68. The first-order chi connectivity index (χ1) is 10.8. The van der Waals surface area contributed by atoms with Gasteiger partial charge in [0.2, 0.25) is 11.8 Å². The smallest absolute Gasteiger partial charge is 0.273 e. The maximum atomic E-state index is 12.9. The van der Waals surface area contributed by atoms with Crippen LogP contribution in [0.1, 0.15) is 25.8 Å². The van der Waals surface area contributed by atoms with Crippen molar-refractivity contribution in [1.82, 2.24) is 9.80 Å². The molecule has 0 unspecified atom stereocenters. The van der Waals surface area contributed by atoms with Crippen molar-refractivity contribution >= 4 is 17.8 Å². The molecule has 1 aromatic rings. The maximum Gasteiger partial charge on any atom is 0.332 e. The van der Waals surface area contributed by atoms with Gasteiger partial charge in [0.05, 0.1) is 0 Å². The summed E-state index contributed by atoms with van der Waals surface area (Å²) in [5.74, 6) is -0.876. The number of amides is 4. The van der Waals surface area contributed by atoms with Gasteiger partial charge in [-0.15, -0.1) is 0 Å². The van der Waals surface area contributed by atoms with E-state index in [1.165, 1.54) is 14.1 Å². The van der Waals surface area contributed by atoms with E-state index in [1.807, 2.05) is 50.3 Å². The number of urea groups is 1. The van der Waals surface area contributed by atoms with Crippen molar-refractivity contribution in [2.24, 2.45) is 5.41 Å². The fourth-order valence-corrected chi connectivity index (χ4v) is 2.85. The lowest BCUT2D eigenvalue weighted by atomic mass is 9.74. The molecule has 0 radical (unpaired) electrons. The Hall–Kier alpha value is -2.43. The fraction of sp³-hybridized carbons (Fsp3) is 0.389. The number of hydrogen-bond acceptors (Lipinski definition) is 3. The summed E-state index contributed by atoms with van der Waals surface area (Å²) in [5, 5.41) is 0. The first-order valence-corrected chi connectivity index (χ1v) is 7.57. The normalized spacial score (nSPS) is 17.5. The molecular formula is C18H22N2O3. The third kappa shape index (κ3) is 3.04. The molecule has 5 nitrogen and oxygen atoms in total. The van der Waals surface area contributed by atoms with Crippen LogP contribution in [0, 0.1) is 5.41 Å². The van der Waals surface area contributed by atoms with Gasteiger partial charge >= 0.3 is 6.03 Å². The number of benzene rings is 1. The third-order valence-corrected chi connectivity index (χ3v) is 4.21. The van der Waals surface area contributed by atoms with Gasteiger partial charge < -0.3 is 0 Å². The molecule has 0 bridgehead atoms. The average Bonchev–Trinajstić information content (AvgIpc) is 2.55. The molecule has 0 spiro atoms. The number of carbonyl (C=O) groups excluding carboxylic acids is 3. The molecule has 23 heavy (non-hydrogen) atoms. The predicted octanol–water partition coefficient (Wildman–Crippen LogP) is 2.62. The van der Waals surface area contributed by atoms with Crippen molar-refractivity contribution in [2.45, 2.75) is 26.7 Å². The maximum absolute atomic E-state index is 12.9. The second-order valence-electron chi connectivity index (χ2n) is 6.24. The van der Waals surface area contributed by atoms with Crippen LogP contribution in [-0.2, 0) is 16.0 Å². The standard InChI is InChI=1S/C18H22N2O3/c1-13(2)10-11-18(12-14-8-6-5-7-9-14)15(21)19(3)17(23)20(4)16(18)22/h5-10H,11-12H2,1-4H3. The molecule has 0 aliphatic carbocycles. The van der Waals surface area contributed by atoms with Crippen LogP contribution >= 0.6 is 0 Å². The van der Waals surface area contributed by atoms with Gasteiger partial charge in [-0.3, -0.25) is 19.4 Å². The van der Waals surface area contributed by atoms with Gasteiger partial charge in [-0.05, 0) is 32.3 Å². The van der Waals surface area contributed by atoms with Gasteiger partial charge in [0.1, 0.15) is 5.41 Å². The molecule has 1 heterocycles. The predicted molar refractivity (Wildman–Crippen MR) is 87.6 cm³/mol. The van der Waals surface area contributed by atoms with Gasteiger partial charge in [0, 0.05) is 14.1 Å². The lowest BCUT2D eigenvalue weighted by Gasteiger charge is -2.41. The zero-order chi connectivity index (χ0) is 17.2. The largest absolute Gasteiger partial charge is 0.332 e. The van der Waals surface area contributed by atoms with E-state index in [2.05, 4.69) is 0 Å². The van der Waals surface area contributed by atoms with Gasteiger partial charge in [-0.25, -0.2) is 4.79 Å². The van der Waals surface area contributed by atoms with E-state index in [9.17, 15) is 14.4 Å². The molecule has 0 N–H and O–H groups in total. The van der Waals surface area contributed by atoms with E-state index in [4.69, 9.17) is 0 Å². The summed E-state index contributed by atoms with van der Waals surface area (Å²) in [4.78, 5) is 39.8. The number of carbonyl (C=O) groups is 3. The van der Waals surface area contributed by atoms with Crippen molar-refractivity contribution in [2.75, 3.05) is 14.1 Å². The molecule has 0 aromatic heterocycles. The summed E-state index contributed by atoms with van der Waals surface area (Å²) in [6, 6.07) is 8.84. The molecular weight excluding hydrogens is 292 g/mol. The van der Waals surface area contributed by atoms with Crippen LogP contribution < -0.4 is 0 Å². The van der Waals surface area contributed by atoms with Crippen molar-refractivity contribution in [3.63, 3.8) is 0 Å². The van der Waals surface area contributed by atoms with Crippen molar-refractivity contribution < 1.29 is 14.4 Å². The van der Waals surface area contributed by atoms with Crippen LogP contribution in [-0.4, -0.2) is 41.7 Å². The molecule has 1 aliphatic heterocycles. The lowest BCUT2D eigenvalue weighted by molar-refractivity contribution is -0.156. The van der Waals surface area contributed by atoms with E-state index in [-0.39, 0.29) is 12.8 Å². The fourth-order valence-electron chi connectivity index (χ4n) is 2.85. The Morgan fingerprint density at radius 3 is 2.00 bits per heavy atom. The highest BCUT2D eigenvalue weighted by molar-refractivity contribution is 6.19. The quantitative estimate of drug-likeness (QED) is 0.634. The topological polar surface area (TPSA) is 57.7 Å². The molecule has 0 saturated carbocycles. The number of hydrogen-bond donors (Lipinski definition) is 0. The molecule has 1 aromatic carbocycles. The highest BCUT2D eigenvalue weighted by Crippen LogP contribution is 2.36. The summed E-state index contributed by atoms with van der Waals surface area (Å²) in [6.45, 7) is 3.85. The number of allylic oxidation sites excluding steroid dienone is 2. The molecule has 1 saturated heterocycles. The first kappa shape index (κ1) is 16.9. The van der Waals surface area contributed by atoms with Crippen molar-refractivity contribution in [3.8, 4) is 0 Å². The molecule has 2 rings (SSSR count). The second-order valence-corrected chi connectivity index (χ2v) is 6.24. The molecule has 1 aliphatic rings. The SMILES string of the molecule is CC(C)=CCC1(Cc2ccccc2)C(=O)N(C)C(=O)N(C)C1=O. The van der Waals surface area contributed by atoms with E-state index in [0.717, 1.165) is 20.9 Å². The minimum absolute atomic E-state index is 0.275. The molecule has 5 heteroatoms. The summed E-state index contributed by atoms with van der Waals surface area (Å²) >= 11 is 0. The van der Waals surface area contributed by atoms with Crippen LogP contribution in [0.5, 0.6) is 0 Å². The molecule has 0 atom stereocenters. The van der Waals surface area contributed by atoms with Crippen molar-refractivity contribution in [1.29, 1.82) is 0 Å². The number of rotatable bonds is 4. The van der Waals surface area contributed by atoms with Gasteiger partial charge in [0.25, 0.3) is 0 Å². The zero-order valence-corrected chi connectivity index (χ0v) is 14.0. The summed E-state index contributed by atoms with van der Waals surface area (Å²) < 4.78 is 0. The van der Waals surface area contributed by atoms with Gasteiger partial charge in [-0.1, -0.05) is 42.0 Å². The Labute approximate surface area is 136 Å². The Morgan fingerprint density at radius 2 is 1.52 bits per heavy atom. The molecule has 122 valence electrons. The minimum Gasteiger partial charge on any atom is -0.273 e. The first-order valence-electron chi connectivity index (χ1n) is 7.57. The lowest BCUT2D eigenvalue weighted by Crippen LogP contribution is -2.63. The van der Waals surface area contributed by atoms with Crippen molar-refractivity contribution in [3.05, 3.63) is 47.5 Å². The highest BCUT2D eigenvalue weighted by atomic mass is 16.2. The van der Waals surface area contributed by atoms with Crippen LogP contribution in [0.15, 0.2) is 42.0 Å². The van der Waals surface area contributed by atoms with E-state index in [1.54, 1.807) is 0 Å². The Bertz CT molecular complexity index is 636. The summed E-state index contributed by atoms with van der Waals surface area (Å²) in [7, 11) is 2.85. The zero-order valence-electron chi connectivity index (χ0n) is 14.0. The van der Waals surface area contributed by atoms with Crippen LogP contribution in [0.3, 0.4) is 0 Å². The van der Waals surface area contributed by atoms with Crippen LogP contribution in [0.4, 0.5) is 4.79 Å². The van der Waals surface area contributed by atoms with E-state index in [0.29, 0.717) is 0 Å². The molecule has 1 fully saturated rings. The van der Waals surface area contributed by atoms with E-state index >= 15 is 0 Å². The summed E-state index contributed by atoms with van der Waals surface area (Å²) in [5.41, 5.74) is 0.656. The average molecular weight is 314 g/mol. The number of barbiturate groups is 1. The third-order valence-electron chi connectivity index (χ3n) is 4.21. The Balaban J connectivity index is 2.51. The number of imide groups is 2. The van der Waals surface area contributed by atoms with Crippen LogP contribution in [0.2, 0.25) is 0 Å². The van der Waals surface area contributed by atoms with E-state index < -0.39 is 23.3 Å². The second kappa shape index (κ2) is 6.36.